The van der Waals surface area contributed by atoms with Gasteiger partial charge in [-0.15, -0.1) is 0 Å². The van der Waals surface area contributed by atoms with Gasteiger partial charge < -0.3 is 14.8 Å². The Morgan fingerprint density at radius 2 is 1.58 bits per heavy atom. The molecule has 0 aromatic heterocycles. The Morgan fingerprint density at radius 3 is 2.18 bits per heavy atom. The van der Waals surface area contributed by atoms with Gasteiger partial charge in [0, 0.05) is 12.6 Å². The lowest BCUT2D eigenvalue weighted by Crippen LogP contribution is -2.26. The van der Waals surface area contributed by atoms with E-state index in [1.807, 2.05) is 0 Å². The van der Waals surface area contributed by atoms with Crippen molar-refractivity contribution in [2.75, 3.05) is 30.4 Å². The van der Waals surface area contributed by atoms with Crippen LogP contribution in [0.5, 0.6) is 5.75 Å². The van der Waals surface area contributed by atoms with Crippen LogP contribution < -0.4 is 14.4 Å². The molecule has 3 aromatic carbocycles. The maximum Gasteiger partial charge on any atom is 0.340 e. The highest BCUT2D eigenvalue weighted by Gasteiger charge is 2.22. The molecule has 9 heteroatoms. The predicted molar refractivity (Wildman–Crippen MR) is 125 cm³/mol. The molecule has 0 spiro atoms. The molecule has 0 bridgehead atoms. The van der Waals surface area contributed by atoms with E-state index in [1.54, 1.807) is 43.3 Å². The Kier molecular flexibility index (Phi) is 7.34. The second-order valence-corrected chi connectivity index (χ2v) is 8.88. The Balaban J connectivity index is 1.77. The van der Waals surface area contributed by atoms with E-state index >= 15 is 0 Å². The van der Waals surface area contributed by atoms with Crippen LogP contribution in [-0.2, 0) is 14.8 Å². The summed E-state index contributed by atoms with van der Waals surface area (Å²) in [5.74, 6) is -0.426. The van der Waals surface area contributed by atoms with E-state index in [4.69, 9.17) is 9.47 Å². The molecule has 8 nitrogen and oxygen atoms in total. The number of benzene rings is 3. The van der Waals surface area contributed by atoms with Gasteiger partial charge in [0.1, 0.15) is 5.75 Å². The number of carbonyl (C=O) groups excluding carboxylic acids is 2. The Bertz CT molecular complexity index is 1240. The third-order valence-corrected chi connectivity index (χ3v) is 6.68. The lowest BCUT2D eigenvalue weighted by molar-refractivity contribution is 0.0527. The van der Waals surface area contributed by atoms with Crippen molar-refractivity contribution in [3.8, 4) is 5.75 Å². The SMILES string of the molecule is CCOC(=O)c1ccccc1NC(=O)c1ccc(N(C)S(=O)(=O)c2ccc(OC)cc2)cc1. The monoisotopic (exact) mass is 468 g/mol. The molecule has 3 rings (SSSR count). The average Bonchev–Trinajstić information content (AvgIpc) is 2.84. The summed E-state index contributed by atoms with van der Waals surface area (Å²) in [7, 11) is -0.856. The summed E-state index contributed by atoms with van der Waals surface area (Å²) in [5, 5.41) is 2.70. The number of sulfonamides is 1. The molecule has 0 radical (unpaired) electrons. The topological polar surface area (TPSA) is 102 Å². The third kappa shape index (κ3) is 5.32. The number of hydrogen-bond donors (Lipinski definition) is 1. The van der Waals surface area contributed by atoms with Crippen molar-refractivity contribution in [1.29, 1.82) is 0 Å². The van der Waals surface area contributed by atoms with Crippen LogP contribution >= 0.6 is 0 Å². The molecular weight excluding hydrogens is 444 g/mol. The highest BCUT2D eigenvalue weighted by molar-refractivity contribution is 7.92. The van der Waals surface area contributed by atoms with Gasteiger partial charge in [-0.3, -0.25) is 9.10 Å². The largest absolute Gasteiger partial charge is 0.497 e. The number of ether oxygens (including phenoxy) is 2. The number of para-hydroxylation sites is 1. The molecular formula is C24H24N2O6S. The first-order valence-corrected chi connectivity index (χ1v) is 11.5. The van der Waals surface area contributed by atoms with Crippen molar-refractivity contribution in [1.82, 2.24) is 0 Å². The number of anilines is 2. The molecule has 0 atom stereocenters. The van der Waals surface area contributed by atoms with Crippen molar-refractivity contribution in [3.63, 3.8) is 0 Å². The molecule has 0 aliphatic rings. The van der Waals surface area contributed by atoms with Crippen LogP contribution in [0.3, 0.4) is 0 Å². The number of esters is 1. The zero-order chi connectivity index (χ0) is 24.0. The Morgan fingerprint density at radius 1 is 0.939 bits per heavy atom. The van der Waals surface area contributed by atoms with Gasteiger partial charge in [-0.25, -0.2) is 13.2 Å². The van der Waals surface area contributed by atoms with Crippen molar-refractivity contribution < 1.29 is 27.5 Å². The van der Waals surface area contributed by atoms with Crippen LogP contribution in [0.4, 0.5) is 11.4 Å². The molecule has 0 aliphatic carbocycles. The third-order valence-electron chi connectivity index (χ3n) is 4.88. The fourth-order valence-electron chi connectivity index (χ4n) is 3.04. The minimum absolute atomic E-state index is 0.114. The van der Waals surface area contributed by atoms with Crippen LogP contribution in [0.2, 0.25) is 0 Å². The van der Waals surface area contributed by atoms with Gasteiger partial charge in [0.15, 0.2) is 0 Å². The summed E-state index contributed by atoms with van der Waals surface area (Å²) < 4.78 is 37.0. The molecule has 1 N–H and O–H groups in total. The van der Waals surface area contributed by atoms with E-state index in [0.717, 1.165) is 4.31 Å². The summed E-state index contributed by atoms with van der Waals surface area (Å²) in [6.45, 7) is 1.92. The van der Waals surface area contributed by atoms with Gasteiger partial charge in [-0.2, -0.15) is 0 Å². The molecule has 0 unspecified atom stereocenters. The van der Waals surface area contributed by atoms with Crippen LogP contribution in [0, 0.1) is 0 Å². The summed E-state index contributed by atoms with van der Waals surface area (Å²) in [5.41, 5.74) is 1.25. The van der Waals surface area contributed by atoms with E-state index in [-0.39, 0.29) is 17.1 Å². The fraction of sp³-hybridized carbons (Fsp3) is 0.167. The van der Waals surface area contributed by atoms with Crippen molar-refractivity contribution >= 4 is 33.3 Å². The number of nitrogens with one attached hydrogen (secondary N) is 1. The van der Waals surface area contributed by atoms with E-state index < -0.39 is 21.9 Å². The number of nitrogens with zero attached hydrogens (tertiary/aromatic N) is 1. The minimum Gasteiger partial charge on any atom is -0.497 e. The van der Waals surface area contributed by atoms with Crippen molar-refractivity contribution in [2.24, 2.45) is 0 Å². The molecule has 0 heterocycles. The molecule has 0 fully saturated rings. The van der Waals surface area contributed by atoms with E-state index in [2.05, 4.69) is 5.32 Å². The number of amides is 1. The van der Waals surface area contributed by atoms with Crippen LogP contribution in [0.15, 0.2) is 77.7 Å². The zero-order valence-electron chi connectivity index (χ0n) is 18.4. The molecule has 0 aliphatic heterocycles. The summed E-state index contributed by atoms with van der Waals surface area (Å²) in [6.07, 6.45) is 0. The first kappa shape index (κ1) is 23.8. The standard InChI is InChI=1S/C24H24N2O6S/c1-4-32-24(28)21-7-5-6-8-22(21)25-23(27)17-9-11-18(12-10-17)26(2)33(29,30)20-15-13-19(31-3)14-16-20/h5-16H,4H2,1-3H3,(H,25,27). The smallest absolute Gasteiger partial charge is 0.340 e. The number of carbonyl (C=O) groups is 2. The normalized spacial score (nSPS) is 10.9. The highest BCUT2D eigenvalue weighted by Crippen LogP contribution is 2.24. The van der Waals surface area contributed by atoms with Gasteiger partial charge in [0.2, 0.25) is 0 Å². The van der Waals surface area contributed by atoms with Crippen LogP contribution in [-0.4, -0.2) is 41.1 Å². The van der Waals surface area contributed by atoms with E-state index in [1.165, 1.54) is 50.6 Å². The Hall–Kier alpha value is -3.85. The molecule has 172 valence electrons. The first-order chi connectivity index (χ1) is 15.8. The average molecular weight is 469 g/mol. The van der Waals surface area contributed by atoms with Crippen molar-refractivity contribution in [2.45, 2.75) is 11.8 Å². The summed E-state index contributed by atoms with van der Waals surface area (Å²) >= 11 is 0. The first-order valence-electron chi connectivity index (χ1n) is 10.1. The van der Waals surface area contributed by atoms with Gasteiger partial charge in [0.25, 0.3) is 15.9 Å². The quantitative estimate of drug-likeness (QED) is 0.502. The number of hydrogen-bond acceptors (Lipinski definition) is 6. The van der Waals surface area contributed by atoms with Crippen LogP contribution in [0.1, 0.15) is 27.6 Å². The maximum atomic E-state index is 12.9. The fourth-order valence-corrected chi connectivity index (χ4v) is 4.24. The van der Waals surface area contributed by atoms with Gasteiger partial charge in [0.05, 0.1) is 35.6 Å². The van der Waals surface area contributed by atoms with Gasteiger partial charge in [-0.05, 0) is 67.6 Å². The number of rotatable bonds is 8. The van der Waals surface area contributed by atoms with Crippen LogP contribution in [0.25, 0.3) is 0 Å². The Labute approximate surface area is 192 Å². The van der Waals surface area contributed by atoms with Gasteiger partial charge in [-0.1, -0.05) is 12.1 Å². The molecule has 1 amide bonds. The highest BCUT2D eigenvalue weighted by atomic mass is 32.2. The lowest BCUT2D eigenvalue weighted by Gasteiger charge is -2.20. The molecule has 33 heavy (non-hydrogen) atoms. The van der Waals surface area contributed by atoms with Crippen molar-refractivity contribution in [3.05, 3.63) is 83.9 Å². The second kappa shape index (κ2) is 10.2. The van der Waals surface area contributed by atoms with E-state index in [0.29, 0.717) is 22.7 Å². The zero-order valence-corrected chi connectivity index (χ0v) is 19.3. The molecule has 3 aromatic rings. The summed E-state index contributed by atoms with van der Waals surface area (Å²) in [4.78, 5) is 24.9. The van der Waals surface area contributed by atoms with E-state index in [9.17, 15) is 18.0 Å². The minimum atomic E-state index is -3.79. The predicted octanol–water partition coefficient (Wildman–Crippen LogP) is 3.95. The molecule has 0 saturated heterocycles. The summed E-state index contributed by atoms with van der Waals surface area (Å²) in [6, 6.07) is 18.7. The maximum absolute atomic E-state index is 12.9. The lowest BCUT2D eigenvalue weighted by atomic mass is 10.1. The van der Waals surface area contributed by atoms with Gasteiger partial charge >= 0.3 is 5.97 Å². The molecule has 0 saturated carbocycles. The second-order valence-electron chi connectivity index (χ2n) is 6.92. The number of methoxy groups -OCH3 is 1.